The van der Waals surface area contributed by atoms with Crippen molar-refractivity contribution in [1.82, 2.24) is 10.2 Å². The molecule has 0 unspecified atom stereocenters. The fourth-order valence-electron chi connectivity index (χ4n) is 2.82. The minimum atomic E-state index is -0.863. The van der Waals surface area contributed by atoms with Gasteiger partial charge < -0.3 is 19.7 Å². The summed E-state index contributed by atoms with van der Waals surface area (Å²) in [5.41, 5.74) is 0.453. The predicted molar refractivity (Wildman–Crippen MR) is 101 cm³/mol. The van der Waals surface area contributed by atoms with E-state index in [1.807, 2.05) is 0 Å². The van der Waals surface area contributed by atoms with Gasteiger partial charge in [0, 0.05) is 18.7 Å². The maximum absolute atomic E-state index is 12.9. The number of hydrogen-bond acceptors (Lipinski definition) is 5. The molecule has 2 amide bonds. The lowest BCUT2D eigenvalue weighted by atomic mass is 10.1. The summed E-state index contributed by atoms with van der Waals surface area (Å²) in [6.45, 7) is 6.92. The number of ether oxygens (including phenoxy) is 2. The molecule has 1 aliphatic heterocycles. The van der Waals surface area contributed by atoms with Gasteiger partial charge in [0.05, 0.1) is 19.1 Å². The number of carbonyl (C=O) groups is 3. The Morgan fingerprint density at radius 2 is 1.96 bits per heavy atom. The maximum atomic E-state index is 12.9. The largest absolute Gasteiger partial charge is 0.494 e. The summed E-state index contributed by atoms with van der Waals surface area (Å²) in [5, 5.41) is 2.70. The quantitative estimate of drug-likeness (QED) is 0.555. The van der Waals surface area contributed by atoms with Gasteiger partial charge in [0.2, 0.25) is 5.91 Å². The fourth-order valence-corrected chi connectivity index (χ4v) is 2.82. The molecule has 1 saturated heterocycles. The molecule has 1 aromatic rings. The Labute approximate surface area is 160 Å². The molecule has 7 heteroatoms. The highest BCUT2D eigenvalue weighted by Crippen LogP contribution is 2.18. The lowest BCUT2D eigenvalue weighted by Gasteiger charge is -2.34. The highest BCUT2D eigenvalue weighted by atomic mass is 16.5. The Kier molecular flexibility index (Phi) is 7.64. The molecule has 0 saturated carbocycles. The molecule has 1 heterocycles. The van der Waals surface area contributed by atoms with Gasteiger partial charge in [0.25, 0.3) is 5.91 Å². The lowest BCUT2D eigenvalue weighted by Crippen LogP contribution is -2.57. The number of nitrogens with one attached hydrogen (secondary N) is 1. The van der Waals surface area contributed by atoms with Crippen LogP contribution in [0.15, 0.2) is 24.3 Å². The van der Waals surface area contributed by atoms with Crippen LogP contribution in [0, 0.1) is 0 Å². The zero-order valence-electron chi connectivity index (χ0n) is 16.2. The molecule has 1 N–H and O–H groups in total. The molecule has 1 atom stereocenters. The minimum Gasteiger partial charge on any atom is -0.494 e. The number of benzene rings is 1. The van der Waals surface area contributed by atoms with Crippen LogP contribution in [-0.2, 0) is 14.3 Å². The first-order chi connectivity index (χ1) is 12.9. The van der Waals surface area contributed by atoms with Gasteiger partial charge in [-0.15, -0.1) is 0 Å². The number of amides is 2. The van der Waals surface area contributed by atoms with Crippen molar-refractivity contribution in [2.24, 2.45) is 0 Å². The Balaban J connectivity index is 2.07. The van der Waals surface area contributed by atoms with Crippen molar-refractivity contribution in [2.45, 2.75) is 52.2 Å². The third kappa shape index (κ3) is 5.98. The molecule has 0 spiro atoms. The first kappa shape index (κ1) is 20.7. The second-order valence-corrected chi connectivity index (χ2v) is 6.77. The van der Waals surface area contributed by atoms with Crippen molar-refractivity contribution in [1.29, 1.82) is 0 Å². The zero-order valence-corrected chi connectivity index (χ0v) is 16.2. The van der Waals surface area contributed by atoms with Crippen LogP contribution >= 0.6 is 0 Å². The molecule has 1 aromatic carbocycles. The summed E-state index contributed by atoms with van der Waals surface area (Å²) in [6.07, 6.45) is 1.59. The number of nitrogens with zero attached hydrogens (tertiary/aromatic N) is 1. The monoisotopic (exact) mass is 376 g/mol. The van der Waals surface area contributed by atoms with Crippen LogP contribution in [-0.4, -0.2) is 54.5 Å². The van der Waals surface area contributed by atoms with E-state index in [2.05, 4.69) is 12.2 Å². The normalized spacial score (nSPS) is 16.8. The number of piperazine rings is 1. The Bertz CT molecular complexity index is 657. The van der Waals surface area contributed by atoms with Crippen LogP contribution in [0.4, 0.5) is 0 Å². The van der Waals surface area contributed by atoms with Crippen molar-refractivity contribution in [2.75, 3.05) is 19.7 Å². The molecular formula is C20H28N2O5. The molecule has 148 valence electrons. The smallest absolute Gasteiger partial charge is 0.308 e. The molecule has 27 heavy (non-hydrogen) atoms. The van der Waals surface area contributed by atoms with Gasteiger partial charge in [-0.2, -0.15) is 0 Å². The molecule has 1 fully saturated rings. The van der Waals surface area contributed by atoms with Gasteiger partial charge in [-0.05, 0) is 44.5 Å². The van der Waals surface area contributed by atoms with E-state index in [1.165, 1.54) is 4.90 Å². The van der Waals surface area contributed by atoms with E-state index in [1.54, 1.807) is 38.1 Å². The van der Waals surface area contributed by atoms with E-state index in [-0.39, 0.29) is 24.3 Å². The van der Waals surface area contributed by atoms with Gasteiger partial charge in [-0.1, -0.05) is 13.3 Å². The molecule has 2 rings (SSSR count). The maximum Gasteiger partial charge on any atom is 0.308 e. The van der Waals surface area contributed by atoms with Crippen molar-refractivity contribution in [3.8, 4) is 5.75 Å². The highest BCUT2D eigenvalue weighted by molar-refractivity contribution is 5.99. The van der Waals surface area contributed by atoms with Crippen LogP contribution in [0.25, 0.3) is 0 Å². The van der Waals surface area contributed by atoms with E-state index in [0.717, 1.165) is 12.8 Å². The summed E-state index contributed by atoms with van der Waals surface area (Å²) >= 11 is 0. The summed E-state index contributed by atoms with van der Waals surface area (Å²) in [6, 6.07) is 5.99. The van der Waals surface area contributed by atoms with Gasteiger partial charge in [0.15, 0.2) is 0 Å². The number of esters is 1. The van der Waals surface area contributed by atoms with Crippen LogP contribution in [0.3, 0.4) is 0 Å². The predicted octanol–water partition coefficient (Wildman–Crippen LogP) is 2.15. The van der Waals surface area contributed by atoms with Gasteiger partial charge in [-0.25, -0.2) is 0 Å². The van der Waals surface area contributed by atoms with Crippen molar-refractivity contribution >= 4 is 17.8 Å². The minimum absolute atomic E-state index is 0.159. The first-order valence-corrected chi connectivity index (χ1v) is 9.43. The van der Waals surface area contributed by atoms with E-state index in [4.69, 9.17) is 9.47 Å². The number of rotatable bonds is 8. The molecular weight excluding hydrogens is 348 g/mol. The van der Waals surface area contributed by atoms with Gasteiger partial charge in [0.1, 0.15) is 11.8 Å². The molecule has 0 bridgehead atoms. The Morgan fingerprint density at radius 1 is 1.26 bits per heavy atom. The standard InChI is InChI=1S/C20H28N2O5/c1-4-5-12-26-16-8-6-15(7-9-16)20(25)22-11-10-21-19(24)17(22)13-18(23)27-14(2)3/h6-9,14,17H,4-5,10-13H2,1-3H3,(H,21,24)/t17-/m1/s1. The van der Waals surface area contributed by atoms with Crippen LogP contribution < -0.4 is 10.1 Å². The Hall–Kier alpha value is -2.57. The average molecular weight is 376 g/mol. The summed E-state index contributed by atoms with van der Waals surface area (Å²) in [5.74, 6) is -0.417. The number of carbonyl (C=O) groups excluding carboxylic acids is 3. The van der Waals surface area contributed by atoms with E-state index >= 15 is 0 Å². The lowest BCUT2D eigenvalue weighted by molar-refractivity contribution is -0.151. The zero-order chi connectivity index (χ0) is 19.8. The summed E-state index contributed by atoms with van der Waals surface area (Å²) in [7, 11) is 0. The second-order valence-electron chi connectivity index (χ2n) is 6.77. The molecule has 0 radical (unpaired) electrons. The van der Waals surface area contributed by atoms with Gasteiger partial charge in [-0.3, -0.25) is 14.4 Å². The van der Waals surface area contributed by atoms with Crippen molar-refractivity contribution < 1.29 is 23.9 Å². The molecule has 0 aromatic heterocycles. The van der Waals surface area contributed by atoms with Crippen LogP contribution in [0.1, 0.15) is 50.4 Å². The third-order valence-electron chi connectivity index (χ3n) is 4.19. The topological polar surface area (TPSA) is 84.9 Å². The molecule has 0 aliphatic carbocycles. The summed E-state index contributed by atoms with van der Waals surface area (Å²) < 4.78 is 10.7. The molecule has 7 nitrogen and oxygen atoms in total. The number of unbranched alkanes of at least 4 members (excludes halogenated alkanes) is 1. The fraction of sp³-hybridized carbons (Fsp3) is 0.550. The SMILES string of the molecule is CCCCOc1ccc(C(=O)N2CCNC(=O)[C@H]2CC(=O)OC(C)C)cc1. The second kappa shape index (κ2) is 9.94. The average Bonchev–Trinajstić information content (AvgIpc) is 2.63. The van der Waals surface area contributed by atoms with E-state index in [9.17, 15) is 14.4 Å². The van der Waals surface area contributed by atoms with Crippen molar-refractivity contribution in [3.05, 3.63) is 29.8 Å². The number of hydrogen-bond donors (Lipinski definition) is 1. The molecule has 1 aliphatic rings. The first-order valence-electron chi connectivity index (χ1n) is 9.43. The van der Waals surface area contributed by atoms with Gasteiger partial charge >= 0.3 is 5.97 Å². The summed E-state index contributed by atoms with van der Waals surface area (Å²) in [4.78, 5) is 38.5. The third-order valence-corrected chi connectivity index (χ3v) is 4.19. The van der Waals surface area contributed by atoms with Crippen molar-refractivity contribution in [3.63, 3.8) is 0 Å². The van der Waals surface area contributed by atoms with Crippen LogP contribution in [0.2, 0.25) is 0 Å². The Morgan fingerprint density at radius 3 is 2.59 bits per heavy atom. The van der Waals surface area contributed by atoms with Crippen LogP contribution in [0.5, 0.6) is 5.75 Å². The van der Waals surface area contributed by atoms with E-state index in [0.29, 0.717) is 31.0 Å². The highest BCUT2D eigenvalue weighted by Gasteiger charge is 2.35. The van der Waals surface area contributed by atoms with E-state index < -0.39 is 12.0 Å².